The van der Waals surface area contributed by atoms with Crippen molar-refractivity contribution >= 4 is 34.3 Å². The van der Waals surface area contributed by atoms with Crippen molar-refractivity contribution in [1.82, 2.24) is 9.88 Å². The first-order chi connectivity index (χ1) is 18.4. The molecule has 0 bridgehead atoms. The average molecular weight is 511 g/mol. The molecule has 8 nitrogen and oxygen atoms in total. The number of hydrogen-bond acceptors (Lipinski definition) is 6. The number of benzene rings is 3. The molecule has 192 valence electrons. The van der Waals surface area contributed by atoms with E-state index in [1.807, 2.05) is 30.5 Å². The number of H-pyrrole nitrogens is 1. The van der Waals surface area contributed by atoms with Crippen molar-refractivity contribution in [3.05, 3.63) is 107 Å². The maximum Gasteiger partial charge on any atom is 0.337 e. The number of ether oxygens (including phenoxy) is 2. The summed E-state index contributed by atoms with van der Waals surface area (Å²) in [6.45, 7) is 0.245. The van der Waals surface area contributed by atoms with Gasteiger partial charge < -0.3 is 24.5 Å². The number of methoxy groups -OCH3 is 2. The van der Waals surface area contributed by atoms with Gasteiger partial charge >= 0.3 is 5.97 Å². The molecule has 5 rings (SSSR count). The van der Waals surface area contributed by atoms with Gasteiger partial charge in [0.1, 0.15) is 11.5 Å². The molecule has 1 amide bonds. The number of nitrogens with one attached hydrogen (secondary N) is 1. The Balaban J connectivity index is 1.56. The summed E-state index contributed by atoms with van der Waals surface area (Å²) < 4.78 is 9.98. The quantitative estimate of drug-likeness (QED) is 0.162. The highest BCUT2D eigenvalue weighted by atomic mass is 16.5. The summed E-state index contributed by atoms with van der Waals surface area (Å²) in [6.07, 6.45) is 2.40. The standard InChI is InChI=1S/C30H26N2O6/c1-37-22-13-11-19(12-14-22)27(33)25-26(18-7-9-20(10-8-18)30(36)38-2)32(29(35)28(25)34)16-15-21-17-31-24-6-4-3-5-23(21)24/h3-14,17,26,31,33H,15-16H2,1-2H3/t26-/m0/s1. The number of aromatic amines is 1. The fourth-order valence-electron chi connectivity index (χ4n) is 4.86. The van der Waals surface area contributed by atoms with Crippen LogP contribution in [0, 0.1) is 0 Å². The van der Waals surface area contributed by atoms with E-state index in [0.29, 0.717) is 28.9 Å². The van der Waals surface area contributed by atoms with Crippen LogP contribution in [0.4, 0.5) is 0 Å². The topological polar surface area (TPSA) is 109 Å². The first-order valence-electron chi connectivity index (χ1n) is 12.1. The number of esters is 1. The monoisotopic (exact) mass is 510 g/mol. The molecule has 0 aliphatic carbocycles. The van der Waals surface area contributed by atoms with Crippen LogP contribution in [0.1, 0.15) is 33.1 Å². The highest BCUT2D eigenvalue weighted by molar-refractivity contribution is 6.46. The average Bonchev–Trinajstić information content (AvgIpc) is 3.49. The van der Waals surface area contributed by atoms with E-state index < -0.39 is 23.7 Å². The zero-order valence-electron chi connectivity index (χ0n) is 20.9. The summed E-state index contributed by atoms with van der Waals surface area (Å²) in [5, 5.41) is 12.3. The van der Waals surface area contributed by atoms with Crippen LogP contribution in [-0.4, -0.2) is 53.4 Å². The lowest BCUT2D eigenvalue weighted by molar-refractivity contribution is -0.139. The Labute approximate surface area is 219 Å². The number of likely N-dealkylation sites (tertiary alicyclic amines) is 1. The fourth-order valence-corrected chi connectivity index (χ4v) is 4.86. The number of aromatic nitrogens is 1. The van der Waals surface area contributed by atoms with E-state index in [2.05, 4.69) is 4.98 Å². The van der Waals surface area contributed by atoms with Gasteiger partial charge in [0.15, 0.2) is 0 Å². The van der Waals surface area contributed by atoms with E-state index in [0.717, 1.165) is 16.5 Å². The molecule has 0 spiro atoms. The number of para-hydroxylation sites is 1. The van der Waals surface area contributed by atoms with Crippen molar-refractivity contribution in [1.29, 1.82) is 0 Å². The maximum atomic E-state index is 13.3. The number of aliphatic hydroxyl groups is 1. The van der Waals surface area contributed by atoms with Crippen LogP contribution in [0.3, 0.4) is 0 Å². The first-order valence-corrected chi connectivity index (χ1v) is 12.1. The first kappa shape index (κ1) is 24.8. The van der Waals surface area contributed by atoms with E-state index in [4.69, 9.17) is 9.47 Å². The van der Waals surface area contributed by atoms with Crippen molar-refractivity contribution in [3.8, 4) is 5.75 Å². The molecule has 1 aromatic heterocycles. The van der Waals surface area contributed by atoms with Crippen LogP contribution in [0.15, 0.2) is 84.6 Å². The number of aliphatic hydroxyl groups excluding tert-OH is 1. The molecule has 0 unspecified atom stereocenters. The number of Topliss-reactive ketones (excluding diaryl/α,β-unsaturated/α-hetero) is 1. The van der Waals surface area contributed by atoms with Crippen molar-refractivity contribution in [2.75, 3.05) is 20.8 Å². The maximum absolute atomic E-state index is 13.3. The molecule has 1 atom stereocenters. The van der Waals surface area contributed by atoms with E-state index >= 15 is 0 Å². The molecule has 1 saturated heterocycles. The minimum atomic E-state index is -0.839. The molecule has 1 aliphatic rings. The number of carbonyl (C=O) groups is 3. The summed E-state index contributed by atoms with van der Waals surface area (Å²) in [5.41, 5.74) is 3.30. The second kappa shape index (κ2) is 10.3. The number of nitrogens with zero attached hydrogens (tertiary/aromatic N) is 1. The van der Waals surface area contributed by atoms with Crippen LogP contribution in [0.2, 0.25) is 0 Å². The Hall–Kier alpha value is -4.85. The van der Waals surface area contributed by atoms with Crippen LogP contribution in [-0.2, 0) is 20.7 Å². The minimum Gasteiger partial charge on any atom is -0.507 e. The molecule has 4 aromatic rings. The third-order valence-electron chi connectivity index (χ3n) is 6.85. The van der Waals surface area contributed by atoms with E-state index in [-0.39, 0.29) is 17.9 Å². The second-order valence-electron chi connectivity index (χ2n) is 8.94. The summed E-state index contributed by atoms with van der Waals surface area (Å²) in [7, 11) is 2.83. The molecule has 0 saturated carbocycles. The van der Waals surface area contributed by atoms with Gasteiger partial charge in [0, 0.05) is 29.2 Å². The van der Waals surface area contributed by atoms with Gasteiger partial charge in [-0.25, -0.2) is 4.79 Å². The zero-order chi connectivity index (χ0) is 26.8. The lowest BCUT2D eigenvalue weighted by atomic mass is 9.94. The predicted molar refractivity (Wildman–Crippen MR) is 142 cm³/mol. The summed E-state index contributed by atoms with van der Waals surface area (Å²) in [6, 6.07) is 20.1. The number of fused-ring (bicyclic) bond motifs is 1. The number of hydrogen-bond donors (Lipinski definition) is 2. The van der Waals surface area contributed by atoms with E-state index in [9.17, 15) is 19.5 Å². The van der Waals surface area contributed by atoms with Gasteiger partial charge in [-0.15, -0.1) is 0 Å². The van der Waals surface area contributed by atoms with Gasteiger partial charge in [-0.1, -0.05) is 30.3 Å². The molecular weight excluding hydrogens is 484 g/mol. The smallest absolute Gasteiger partial charge is 0.337 e. The van der Waals surface area contributed by atoms with E-state index in [1.54, 1.807) is 48.5 Å². The molecule has 38 heavy (non-hydrogen) atoms. The van der Waals surface area contributed by atoms with Crippen LogP contribution in [0.25, 0.3) is 16.7 Å². The zero-order valence-corrected chi connectivity index (χ0v) is 20.9. The highest BCUT2D eigenvalue weighted by Crippen LogP contribution is 2.40. The molecule has 8 heteroatoms. The summed E-state index contributed by atoms with van der Waals surface area (Å²) >= 11 is 0. The van der Waals surface area contributed by atoms with Crippen molar-refractivity contribution in [2.24, 2.45) is 0 Å². The van der Waals surface area contributed by atoms with Crippen LogP contribution in [0.5, 0.6) is 5.75 Å². The molecule has 1 fully saturated rings. The highest BCUT2D eigenvalue weighted by Gasteiger charge is 2.45. The molecular formula is C30H26N2O6. The Kier molecular flexibility index (Phi) is 6.70. The van der Waals surface area contributed by atoms with Crippen molar-refractivity contribution < 1.29 is 29.0 Å². The lowest BCUT2D eigenvalue weighted by Crippen LogP contribution is -2.31. The van der Waals surface area contributed by atoms with Crippen molar-refractivity contribution in [2.45, 2.75) is 12.5 Å². The second-order valence-corrected chi connectivity index (χ2v) is 8.94. The normalized spacial score (nSPS) is 16.7. The number of carbonyl (C=O) groups excluding carboxylic acids is 3. The fraction of sp³-hybridized carbons (Fsp3) is 0.167. The molecule has 2 N–H and O–H groups in total. The minimum absolute atomic E-state index is 0.00934. The Bertz CT molecular complexity index is 1550. The van der Waals surface area contributed by atoms with Gasteiger partial charge in [-0.2, -0.15) is 0 Å². The SMILES string of the molecule is COC(=O)c1ccc([C@H]2C(=C(O)c3ccc(OC)cc3)C(=O)C(=O)N2CCc2c[nH]c3ccccc23)cc1. The van der Waals surface area contributed by atoms with Crippen molar-refractivity contribution in [3.63, 3.8) is 0 Å². The van der Waals surface area contributed by atoms with Gasteiger partial charge in [0.2, 0.25) is 0 Å². The molecule has 1 aliphatic heterocycles. The molecule has 2 heterocycles. The van der Waals surface area contributed by atoms with Gasteiger partial charge in [-0.3, -0.25) is 9.59 Å². The third-order valence-corrected chi connectivity index (χ3v) is 6.85. The molecule has 3 aromatic carbocycles. The Morgan fingerprint density at radius 3 is 2.32 bits per heavy atom. The largest absolute Gasteiger partial charge is 0.507 e. The van der Waals surface area contributed by atoms with Crippen LogP contribution >= 0.6 is 0 Å². The summed E-state index contributed by atoms with van der Waals surface area (Å²) in [5.74, 6) is -1.64. The number of amides is 1. The van der Waals surface area contributed by atoms with Crippen LogP contribution < -0.4 is 4.74 Å². The van der Waals surface area contributed by atoms with Gasteiger partial charge in [0.05, 0.1) is 31.4 Å². The number of ketones is 1. The Morgan fingerprint density at radius 1 is 0.947 bits per heavy atom. The van der Waals surface area contributed by atoms with Gasteiger partial charge in [-0.05, 0) is 60.0 Å². The summed E-state index contributed by atoms with van der Waals surface area (Å²) in [4.78, 5) is 43.3. The van der Waals surface area contributed by atoms with E-state index in [1.165, 1.54) is 19.1 Å². The third kappa shape index (κ3) is 4.41. The number of rotatable bonds is 7. The lowest BCUT2D eigenvalue weighted by Gasteiger charge is -2.25. The molecule has 0 radical (unpaired) electrons. The predicted octanol–water partition coefficient (Wildman–Crippen LogP) is 4.63. The van der Waals surface area contributed by atoms with Gasteiger partial charge in [0.25, 0.3) is 11.7 Å². The Morgan fingerprint density at radius 2 is 1.63 bits per heavy atom.